The van der Waals surface area contributed by atoms with Gasteiger partial charge in [-0.25, -0.2) is 0 Å². The molecule has 2 aliphatic heterocycles. The summed E-state index contributed by atoms with van der Waals surface area (Å²) in [5.74, 6) is 0.111. The first-order valence-corrected chi connectivity index (χ1v) is 8.75. The lowest BCUT2D eigenvalue weighted by Gasteiger charge is -2.36. The Hall–Kier alpha value is -1.26. The van der Waals surface area contributed by atoms with Crippen molar-refractivity contribution in [3.05, 3.63) is 29.7 Å². The number of piperidine rings is 1. The lowest BCUT2D eigenvalue weighted by Crippen LogP contribution is -2.44. The number of furan rings is 1. The third-order valence-corrected chi connectivity index (χ3v) is 5.93. The van der Waals surface area contributed by atoms with E-state index in [2.05, 4.69) is 5.32 Å². The van der Waals surface area contributed by atoms with E-state index in [1.165, 1.54) is 12.8 Å². The number of carbonyl (C=O) groups excluding carboxylic acids is 1. The third-order valence-electron chi connectivity index (χ3n) is 5.63. The van der Waals surface area contributed by atoms with Gasteiger partial charge in [-0.1, -0.05) is 25.4 Å². The highest BCUT2D eigenvalue weighted by Gasteiger charge is 2.44. The van der Waals surface area contributed by atoms with E-state index in [4.69, 9.17) is 20.8 Å². The van der Waals surface area contributed by atoms with Crippen molar-refractivity contribution >= 4 is 22.6 Å². The van der Waals surface area contributed by atoms with E-state index in [1.807, 2.05) is 19.9 Å². The van der Waals surface area contributed by atoms with Gasteiger partial charge in [0.05, 0.1) is 17.2 Å². The molecule has 3 heterocycles. The summed E-state index contributed by atoms with van der Waals surface area (Å²) in [4.78, 5) is 12.8. The van der Waals surface area contributed by atoms with Gasteiger partial charge in [-0.05, 0) is 37.8 Å². The number of ether oxygens (including phenoxy) is 1. The molecule has 4 atom stereocenters. The van der Waals surface area contributed by atoms with Gasteiger partial charge in [0, 0.05) is 23.1 Å². The van der Waals surface area contributed by atoms with Gasteiger partial charge in [-0.2, -0.15) is 0 Å². The number of nitrogens with one attached hydrogen (secondary N) is 1. The van der Waals surface area contributed by atoms with Crippen LogP contribution in [-0.4, -0.2) is 24.2 Å². The van der Waals surface area contributed by atoms with Crippen molar-refractivity contribution in [2.75, 3.05) is 0 Å². The Morgan fingerprint density at radius 2 is 2.04 bits per heavy atom. The number of hydrogen-bond acceptors (Lipinski definition) is 4. The van der Waals surface area contributed by atoms with Crippen LogP contribution in [-0.2, 0) is 14.9 Å². The molecule has 1 aromatic heterocycles. The van der Waals surface area contributed by atoms with Crippen LogP contribution in [0.15, 0.2) is 22.8 Å². The summed E-state index contributed by atoms with van der Waals surface area (Å²) >= 11 is 6.30. The summed E-state index contributed by atoms with van der Waals surface area (Å²) in [6, 6.07) is 2.91. The molecule has 2 unspecified atom stereocenters. The zero-order chi connectivity index (χ0) is 16.2. The molecule has 0 spiro atoms. The van der Waals surface area contributed by atoms with Crippen LogP contribution in [0.5, 0.6) is 0 Å². The van der Waals surface area contributed by atoms with Crippen molar-refractivity contribution in [1.82, 2.24) is 5.32 Å². The predicted molar refractivity (Wildman–Crippen MR) is 88.1 cm³/mol. The standard InChI is InChI=1S/C18H22ClNO3/c1-18(2)13-5-6-22-16(13)15(19)9-14(18)17(21)23-12-7-10-3-4-11(8-12)20-10/h5-6,9-12,14,20H,3-4,7-8H2,1-2H3/t10-,11+,12?,14?. The highest BCUT2D eigenvalue weighted by molar-refractivity contribution is 6.48. The molecule has 4 nitrogen and oxygen atoms in total. The van der Waals surface area contributed by atoms with Crippen LogP contribution in [0.4, 0.5) is 0 Å². The van der Waals surface area contributed by atoms with Crippen LogP contribution in [0.1, 0.15) is 50.9 Å². The second kappa shape index (κ2) is 5.38. The molecule has 3 aliphatic rings. The lowest BCUT2D eigenvalue weighted by atomic mass is 9.70. The summed E-state index contributed by atoms with van der Waals surface area (Å²) in [5.41, 5.74) is 0.585. The van der Waals surface area contributed by atoms with Crippen LogP contribution in [0.25, 0.3) is 5.03 Å². The third kappa shape index (κ3) is 2.52. The Bertz CT molecular complexity index is 651. The lowest BCUT2D eigenvalue weighted by molar-refractivity contribution is -0.156. The van der Waals surface area contributed by atoms with Gasteiger partial charge in [0.25, 0.3) is 0 Å². The van der Waals surface area contributed by atoms with E-state index in [-0.39, 0.29) is 23.4 Å². The first-order chi connectivity index (χ1) is 10.9. The Morgan fingerprint density at radius 1 is 1.35 bits per heavy atom. The Morgan fingerprint density at radius 3 is 2.74 bits per heavy atom. The molecule has 0 radical (unpaired) electrons. The van der Waals surface area contributed by atoms with Gasteiger partial charge in [-0.3, -0.25) is 4.79 Å². The Kier molecular flexibility index (Phi) is 3.58. The molecular formula is C18H22ClNO3. The fourth-order valence-corrected chi connectivity index (χ4v) is 4.57. The average Bonchev–Trinajstić information content (AvgIpc) is 3.11. The van der Waals surface area contributed by atoms with Crippen molar-refractivity contribution in [3.63, 3.8) is 0 Å². The van der Waals surface area contributed by atoms with E-state index < -0.39 is 0 Å². The molecule has 0 saturated carbocycles. The van der Waals surface area contributed by atoms with Crippen molar-refractivity contribution in [2.24, 2.45) is 5.92 Å². The predicted octanol–water partition coefficient (Wildman–Crippen LogP) is 3.59. The van der Waals surface area contributed by atoms with Crippen molar-refractivity contribution in [1.29, 1.82) is 0 Å². The monoisotopic (exact) mass is 335 g/mol. The molecule has 124 valence electrons. The number of fused-ring (bicyclic) bond motifs is 3. The average molecular weight is 336 g/mol. The van der Waals surface area contributed by atoms with E-state index in [0.717, 1.165) is 18.4 Å². The van der Waals surface area contributed by atoms with E-state index in [9.17, 15) is 4.79 Å². The van der Waals surface area contributed by atoms with Crippen LogP contribution in [0.2, 0.25) is 0 Å². The second-order valence-electron chi connectivity index (χ2n) is 7.55. The number of hydrogen-bond donors (Lipinski definition) is 1. The van der Waals surface area contributed by atoms with Gasteiger partial charge >= 0.3 is 5.97 Å². The van der Waals surface area contributed by atoms with Crippen molar-refractivity contribution < 1.29 is 13.9 Å². The highest BCUT2D eigenvalue weighted by atomic mass is 35.5. The number of halogens is 1. The van der Waals surface area contributed by atoms with Gasteiger partial charge in [-0.15, -0.1) is 0 Å². The summed E-state index contributed by atoms with van der Waals surface area (Å²) in [6.07, 6.45) is 7.66. The minimum Gasteiger partial charge on any atom is -0.463 e. The van der Waals surface area contributed by atoms with Crippen LogP contribution >= 0.6 is 11.6 Å². The molecule has 2 fully saturated rings. The molecule has 0 aromatic carbocycles. The number of carbonyl (C=O) groups is 1. The summed E-state index contributed by atoms with van der Waals surface area (Å²) in [7, 11) is 0. The molecule has 23 heavy (non-hydrogen) atoms. The van der Waals surface area contributed by atoms with E-state index in [1.54, 1.807) is 12.3 Å². The molecular weight excluding hydrogens is 314 g/mol. The molecule has 4 rings (SSSR count). The number of esters is 1. The Balaban J connectivity index is 1.53. The van der Waals surface area contributed by atoms with Gasteiger partial charge in [0.15, 0.2) is 0 Å². The van der Waals surface area contributed by atoms with Gasteiger partial charge < -0.3 is 14.5 Å². The normalized spacial score (nSPS) is 34.7. The summed E-state index contributed by atoms with van der Waals surface area (Å²) < 4.78 is 11.3. The fourth-order valence-electron chi connectivity index (χ4n) is 4.30. The maximum atomic E-state index is 12.8. The SMILES string of the molecule is CC1(C)c2ccoc2C(Cl)=CC1C(=O)OC1C[C@H]2CC[C@@H](C1)N2. The molecule has 1 aromatic rings. The molecule has 5 heteroatoms. The second-order valence-corrected chi connectivity index (χ2v) is 7.95. The molecule has 1 N–H and O–H groups in total. The Labute approximate surface area is 141 Å². The molecule has 1 aliphatic carbocycles. The zero-order valence-corrected chi connectivity index (χ0v) is 14.2. The van der Waals surface area contributed by atoms with Crippen LogP contribution in [0, 0.1) is 5.92 Å². The first kappa shape index (κ1) is 15.3. The van der Waals surface area contributed by atoms with Gasteiger partial charge in [0.1, 0.15) is 11.9 Å². The summed E-state index contributed by atoms with van der Waals surface area (Å²) in [6.45, 7) is 4.08. The molecule has 2 saturated heterocycles. The highest BCUT2D eigenvalue weighted by Crippen LogP contribution is 2.45. The minimum atomic E-state index is -0.385. The first-order valence-electron chi connectivity index (χ1n) is 8.37. The fraction of sp³-hybridized carbons (Fsp3) is 0.611. The number of rotatable bonds is 2. The van der Waals surface area contributed by atoms with Crippen LogP contribution in [0.3, 0.4) is 0 Å². The largest absolute Gasteiger partial charge is 0.463 e. The van der Waals surface area contributed by atoms with E-state index in [0.29, 0.717) is 22.9 Å². The van der Waals surface area contributed by atoms with Crippen molar-refractivity contribution in [2.45, 2.75) is 63.1 Å². The van der Waals surface area contributed by atoms with Gasteiger partial charge in [0.2, 0.25) is 0 Å². The maximum Gasteiger partial charge on any atom is 0.314 e. The quantitative estimate of drug-likeness (QED) is 0.839. The zero-order valence-electron chi connectivity index (χ0n) is 13.5. The summed E-state index contributed by atoms with van der Waals surface area (Å²) in [5, 5.41) is 4.07. The topological polar surface area (TPSA) is 51.5 Å². The van der Waals surface area contributed by atoms with Crippen molar-refractivity contribution in [3.8, 4) is 0 Å². The maximum absolute atomic E-state index is 12.8. The van der Waals surface area contributed by atoms with Crippen LogP contribution < -0.4 is 5.32 Å². The van der Waals surface area contributed by atoms with E-state index >= 15 is 0 Å². The molecule has 0 amide bonds. The molecule has 2 bridgehead atoms. The minimum absolute atomic E-state index is 0.0231. The smallest absolute Gasteiger partial charge is 0.314 e.